The van der Waals surface area contributed by atoms with E-state index in [9.17, 15) is 4.79 Å². The molecule has 0 saturated carbocycles. The van der Waals surface area contributed by atoms with E-state index in [2.05, 4.69) is 22.6 Å². The maximum Gasteiger partial charge on any atom is 0.265 e. The van der Waals surface area contributed by atoms with Gasteiger partial charge in [0.1, 0.15) is 0 Å². The van der Waals surface area contributed by atoms with Crippen LogP contribution >= 0.6 is 11.3 Å². The Bertz CT molecular complexity index is 1010. The number of oxime groups is 1. The van der Waals surface area contributed by atoms with Crippen LogP contribution < -0.4 is 11.1 Å². The van der Waals surface area contributed by atoms with Crippen molar-refractivity contribution in [3.05, 3.63) is 81.5 Å². The number of hydrogen-bond acceptors (Lipinski definition) is 5. The Morgan fingerprint density at radius 2 is 1.89 bits per heavy atom. The van der Waals surface area contributed by atoms with Gasteiger partial charge in [-0.2, -0.15) is 0 Å². The minimum atomic E-state index is -0.180. The summed E-state index contributed by atoms with van der Waals surface area (Å²) in [6.07, 6.45) is 1.90. The molecule has 0 spiro atoms. The van der Waals surface area contributed by atoms with Crippen LogP contribution in [0, 0.1) is 0 Å². The van der Waals surface area contributed by atoms with Crippen LogP contribution in [-0.4, -0.2) is 11.6 Å². The first-order chi connectivity index (χ1) is 13.2. The number of anilines is 2. The van der Waals surface area contributed by atoms with Crippen LogP contribution in [0.15, 0.2) is 65.8 Å². The number of hydrogen-bond donors (Lipinski definition) is 2. The van der Waals surface area contributed by atoms with Crippen molar-refractivity contribution in [2.24, 2.45) is 5.16 Å². The molecular formula is C21H19N3O2S. The summed E-state index contributed by atoms with van der Waals surface area (Å²) in [5, 5.41) is 7.13. The van der Waals surface area contributed by atoms with Crippen molar-refractivity contribution in [2.45, 2.75) is 19.4 Å². The van der Waals surface area contributed by atoms with Crippen molar-refractivity contribution in [3.63, 3.8) is 0 Å². The largest absolute Gasteiger partial charge is 0.397 e. The highest BCUT2D eigenvalue weighted by molar-refractivity contribution is 7.14. The Kier molecular flexibility index (Phi) is 4.89. The maximum atomic E-state index is 12.4. The standard InChI is InChI=1S/C21H19N3O2S/c22-17-7-3-4-8-19(17)23-21(25)20-12-10-15(27-20)13-26-24-18-11-9-14-5-1-2-6-16(14)18/h1-8,10,12H,9,11,13,22H2,(H,23,25). The summed E-state index contributed by atoms with van der Waals surface area (Å²) in [7, 11) is 0. The van der Waals surface area contributed by atoms with E-state index >= 15 is 0 Å². The summed E-state index contributed by atoms with van der Waals surface area (Å²) in [5.74, 6) is -0.180. The number of aryl methyl sites for hydroxylation is 1. The lowest BCUT2D eigenvalue weighted by atomic mass is 10.1. The number of nitrogen functional groups attached to an aromatic ring is 1. The fraction of sp³-hybridized carbons (Fsp3) is 0.143. The van der Waals surface area contributed by atoms with Gasteiger partial charge in [0.25, 0.3) is 5.91 Å². The molecule has 27 heavy (non-hydrogen) atoms. The van der Waals surface area contributed by atoms with Crippen LogP contribution in [-0.2, 0) is 17.9 Å². The SMILES string of the molecule is Nc1ccccc1NC(=O)c1ccc(CON=C2CCc3ccccc32)s1. The van der Waals surface area contributed by atoms with Crippen LogP contribution in [0.5, 0.6) is 0 Å². The average molecular weight is 377 g/mol. The lowest BCUT2D eigenvalue weighted by molar-refractivity contribution is 0.103. The molecule has 0 bridgehead atoms. The van der Waals surface area contributed by atoms with Crippen molar-refractivity contribution in [2.75, 3.05) is 11.1 Å². The fourth-order valence-corrected chi connectivity index (χ4v) is 3.86. The van der Waals surface area contributed by atoms with Gasteiger partial charge < -0.3 is 15.9 Å². The number of nitrogens with one attached hydrogen (secondary N) is 1. The van der Waals surface area contributed by atoms with Crippen molar-refractivity contribution in [3.8, 4) is 0 Å². The Morgan fingerprint density at radius 1 is 1.07 bits per heavy atom. The molecule has 1 heterocycles. The van der Waals surface area contributed by atoms with E-state index in [1.165, 1.54) is 22.5 Å². The molecule has 3 aromatic rings. The van der Waals surface area contributed by atoms with Crippen LogP contribution in [0.25, 0.3) is 0 Å². The van der Waals surface area contributed by atoms with E-state index in [0.29, 0.717) is 22.9 Å². The van der Waals surface area contributed by atoms with Crippen molar-refractivity contribution in [1.82, 2.24) is 0 Å². The molecule has 3 N–H and O–H groups in total. The lowest BCUT2D eigenvalue weighted by Crippen LogP contribution is -2.11. The Hall–Kier alpha value is -3.12. The zero-order valence-electron chi connectivity index (χ0n) is 14.6. The van der Waals surface area contributed by atoms with Gasteiger partial charge in [-0.25, -0.2) is 0 Å². The Morgan fingerprint density at radius 3 is 2.78 bits per heavy atom. The van der Waals surface area contributed by atoms with Gasteiger partial charge in [-0.3, -0.25) is 4.79 Å². The molecule has 0 fully saturated rings. The molecule has 1 aliphatic carbocycles. The summed E-state index contributed by atoms with van der Waals surface area (Å²) < 4.78 is 0. The quantitative estimate of drug-likeness (QED) is 0.509. The topological polar surface area (TPSA) is 76.7 Å². The smallest absolute Gasteiger partial charge is 0.265 e. The van der Waals surface area contributed by atoms with Crippen LogP contribution in [0.3, 0.4) is 0 Å². The summed E-state index contributed by atoms with van der Waals surface area (Å²) in [4.78, 5) is 19.5. The van der Waals surface area contributed by atoms with Gasteiger partial charge in [0.05, 0.1) is 22.0 Å². The van der Waals surface area contributed by atoms with Crippen molar-refractivity contribution < 1.29 is 9.63 Å². The molecular weight excluding hydrogens is 358 g/mol. The fourth-order valence-electron chi connectivity index (χ4n) is 3.05. The second-order valence-corrected chi connectivity index (χ2v) is 7.44. The molecule has 0 aliphatic heterocycles. The number of carbonyl (C=O) groups is 1. The zero-order valence-corrected chi connectivity index (χ0v) is 15.5. The number of nitrogens with zero attached hydrogens (tertiary/aromatic N) is 1. The predicted molar refractivity (Wildman–Crippen MR) is 109 cm³/mol. The third-order valence-electron chi connectivity index (χ3n) is 4.44. The lowest BCUT2D eigenvalue weighted by Gasteiger charge is -2.06. The molecule has 6 heteroatoms. The normalized spacial score (nSPS) is 14.1. The van der Waals surface area contributed by atoms with E-state index in [0.717, 1.165) is 23.4 Å². The molecule has 1 aliphatic rings. The average Bonchev–Trinajstić information content (AvgIpc) is 3.31. The molecule has 136 valence electrons. The minimum Gasteiger partial charge on any atom is -0.397 e. The summed E-state index contributed by atoms with van der Waals surface area (Å²) in [5.41, 5.74) is 10.5. The van der Waals surface area contributed by atoms with E-state index < -0.39 is 0 Å². The highest BCUT2D eigenvalue weighted by Gasteiger charge is 2.17. The van der Waals surface area contributed by atoms with E-state index in [4.69, 9.17) is 10.6 Å². The molecule has 0 atom stereocenters. The number of rotatable bonds is 5. The molecule has 5 nitrogen and oxygen atoms in total. The van der Waals surface area contributed by atoms with Gasteiger partial charge in [0, 0.05) is 10.4 Å². The van der Waals surface area contributed by atoms with E-state index in [1.807, 2.05) is 30.3 Å². The van der Waals surface area contributed by atoms with Crippen molar-refractivity contribution in [1.29, 1.82) is 0 Å². The second kappa shape index (κ2) is 7.63. The molecule has 0 saturated heterocycles. The second-order valence-electron chi connectivity index (χ2n) is 6.28. The third kappa shape index (κ3) is 3.85. The maximum absolute atomic E-state index is 12.4. The monoisotopic (exact) mass is 377 g/mol. The Labute approximate surface area is 161 Å². The molecule has 0 unspecified atom stereocenters. The number of nitrogens with two attached hydrogens (primary N) is 1. The number of carbonyl (C=O) groups excluding carboxylic acids is 1. The highest BCUT2D eigenvalue weighted by atomic mass is 32.1. The number of amides is 1. The summed E-state index contributed by atoms with van der Waals surface area (Å²) in [6.45, 7) is 0.344. The van der Waals surface area contributed by atoms with Gasteiger partial charge in [0.2, 0.25) is 0 Å². The number of thiophene rings is 1. The van der Waals surface area contributed by atoms with Gasteiger partial charge in [-0.1, -0.05) is 41.6 Å². The first-order valence-electron chi connectivity index (χ1n) is 8.72. The van der Waals surface area contributed by atoms with E-state index in [-0.39, 0.29) is 5.91 Å². The highest BCUT2D eigenvalue weighted by Crippen LogP contribution is 2.24. The first kappa shape index (κ1) is 17.3. The summed E-state index contributed by atoms with van der Waals surface area (Å²) in [6, 6.07) is 19.1. The Balaban J connectivity index is 1.37. The number of para-hydroxylation sites is 2. The van der Waals surface area contributed by atoms with Crippen molar-refractivity contribution >= 4 is 34.3 Å². The van der Waals surface area contributed by atoms with Gasteiger partial charge in [-0.15, -0.1) is 11.3 Å². The molecule has 0 radical (unpaired) electrons. The predicted octanol–water partition coefficient (Wildman–Crippen LogP) is 4.45. The van der Waals surface area contributed by atoms with Crippen LogP contribution in [0.2, 0.25) is 0 Å². The first-order valence-corrected chi connectivity index (χ1v) is 9.54. The molecule has 1 aromatic heterocycles. The van der Waals surface area contributed by atoms with E-state index in [1.54, 1.807) is 18.2 Å². The summed E-state index contributed by atoms with van der Waals surface area (Å²) >= 11 is 1.39. The minimum absolute atomic E-state index is 0.180. The molecule has 4 rings (SSSR count). The van der Waals surface area contributed by atoms with Crippen LogP contribution in [0.1, 0.15) is 32.1 Å². The van der Waals surface area contributed by atoms with Gasteiger partial charge in [-0.05, 0) is 42.7 Å². The molecule has 1 amide bonds. The van der Waals surface area contributed by atoms with Crippen LogP contribution in [0.4, 0.5) is 11.4 Å². The van der Waals surface area contributed by atoms with Gasteiger partial charge >= 0.3 is 0 Å². The molecule has 2 aromatic carbocycles. The third-order valence-corrected chi connectivity index (χ3v) is 5.49. The van der Waals surface area contributed by atoms with Gasteiger partial charge in [0.15, 0.2) is 6.61 Å². The zero-order chi connectivity index (χ0) is 18.6. The number of benzene rings is 2. The number of fused-ring (bicyclic) bond motifs is 1.